The Balaban J connectivity index is 0.00000631. The predicted molar refractivity (Wildman–Crippen MR) is 286 cm³/mol. The van der Waals surface area contributed by atoms with Gasteiger partial charge in [-0.25, -0.2) is 4.98 Å². The Morgan fingerprint density at radius 2 is 1.00 bits per heavy atom. The summed E-state index contributed by atoms with van der Waals surface area (Å²) in [5.41, 5.74) is 12.1. The molecule has 0 spiro atoms. The molecule has 0 unspecified atom stereocenters. The van der Waals surface area contributed by atoms with E-state index in [1.807, 2.05) is 66.9 Å². The Morgan fingerprint density at radius 1 is 0.458 bits per heavy atom. The van der Waals surface area contributed by atoms with E-state index in [-0.39, 0.29) is 49.0 Å². The van der Waals surface area contributed by atoms with Gasteiger partial charge in [-0.05, 0) is 84.4 Å². The van der Waals surface area contributed by atoms with Gasteiger partial charge in [-0.1, -0.05) is 199 Å². The van der Waals surface area contributed by atoms with Crippen LogP contribution in [0.4, 0.5) is 0 Å². The molecule has 0 aliphatic heterocycles. The molecular formula is C66H40N4OPt-2. The summed E-state index contributed by atoms with van der Waals surface area (Å²) in [7, 11) is 0. The minimum absolute atomic E-state index is 0. The molecule has 342 valence electrons. The first-order chi connectivity index (χ1) is 39.4. The number of para-hydroxylation sites is 4. The number of ether oxygens (including phenoxy) is 1. The van der Waals surface area contributed by atoms with Crippen LogP contribution in [0, 0.1) is 18.5 Å². The number of hydrogen-bond acceptors (Lipinski definition) is 2. The smallest absolute Gasteiger partial charge is 0.268 e. The van der Waals surface area contributed by atoms with Crippen LogP contribution >= 0.6 is 0 Å². The van der Waals surface area contributed by atoms with Gasteiger partial charge in [0.1, 0.15) is 5.82 Å². The Morgan fingerprint density at radius 3 is 1.68 bits per heavy atom. The zero-order valence-electron chi connectivity index (χ0n) is 47.8. The van der Waals surface area contributed by atoms with Crippen LogP contribution in [0.2, 0.25) is 0 Å². The third kappa shape index (κ3) is 7.04. The number of benzene rings is 10. The number of pyridine rings is 1. The summed E-state index contributed by atoms with van der Waals surface area (Å²) in [5, 5.41) is 1.96. The van der Waals surface area contributed by atoms with Crippen LogP contribution in [0.5, 0.6) is 11.5 Å². The van der Waals surface area contributed by atoms with Crippen LogP contribution in [-0.2, 0) is 21.1 Å². The van der Waals surface area contributed by atoms with Crippen LogP contribution < -0.4 is 9.30 Å². The molecule has 3 heterocycles. The van der Waals surface area contributed by atoms with Crippen LogP contribution in [0.15, 0.2) is 243 Å². The first-order valence-electron chi connectivity index (χ1n) is 28.1. The number of imidazole rings is 1. The topological polar surface area (TPSA) is 35.9 Å². The normalized spacial score (nSPS) is 13.4. The monoisotopic (exact) mass is 1110 g/mol. The summed E-state index contributed by atoms with van der Waals surface area (Å²) >= 11 is 0. The molecule has 3 aromatic heterocycles. The van der Waals surface area contributed by atoms with Gasteiger partial charge in [0.05, 0.1) is 30.4 Å². The van der Waals surface area contributed by atoms with Gasteiger partial charge in [-0.2, -0.15) is 18.2 Å². The first-order valence-corrected chi connectivity index (χ1v) is 23.1. The Bertz CT molecular complexity index is 4690. The minimum atomic E-state index is -0.577. The molecule has 1 aliphatic carbocycles. The van der Waals surface area contributed by atoms with Crippen molar-refractivity contribution in [2.24, 2.45) is 0 Å². The van der Waals surface area contributed by atoms with Crippen LogP contribution in [0.3, 0.4) is 0 Å². The molecule has 13 aromatic rings. The standard InChI is InChI=1S/C66H40N4O.Pt/c1-3-19-44(20-4-1)49-32-18-33-50(45-21-5-2-6-22-45)65(49)69-43-68(61-35-15-16-36-62(61)69)46-23-17-24-47(41-46)71-48-37-38-57-56-30-13-14-34-60(56)70(63(57)42-48)66-64-58-31-12-11-28-54(58)52-26-8-7-25-51(52)53-27-9-10-29-55(53)59(64)39-40-67-66;/h1-40H;/q-2;/i1D,2D,3D,4D,5D,6D,19D,20D,21D,22D;. The number of fused-ring (bicyclic) bond motifs is 12. The molecule has 10 aromatic carbocycles. The molecule has 0 atom stereocenters. The zero-order valence-corrected chi connectivity index (χ0v) is 40.1. The maximum atomic E-state index is 9.08. The number of nitrogens with zero attached hydrogens (tertiary/aromatic N) is 4. The van der Waals surface area contributed by atoms with E-state index in [1.165, 1.54) is 0 Å². The van der Waals surface area contributed by atoms with Crippen molar-refractivity contribution in [1.29, 1.82) is 0 Å². The summed E-state index contributed by atoms with van der Waals surface area (Å²) in [6.45, 7) is 0. The van der Waals surface area contributed by atoms with Crippen LogP contribution in [0.1, 0.15) is 13.7 Å². The van der Waals surface area contributed by atoms with E-state index in [4.69, 9.17) is 23.4 Å². The average molecular weight is 1110 g/mol. The van der Waals surface area contributed by atoms with Gasteiger partial charge in [0, 0.05) is 49.8 Å². The van der Waals surface area contributed by atoms with Crippen molar-refractivity contribution in [1.82, 2.24) is 14.1 Å². The van der Waals surface area contributed by atoms with Crippen LogP contribution in [-0.4, -0.2) is 14.1 Å². The van der Waals surface area contributed by atoms with Crippen molar-refractivity contribution in [3.63, 3.8) is 0 Å². The summed E-state index contributed by atoms with van der Waals surface area (Å²) < 4.78 is 99.8. The largest absolute Gasteiger partial charge is 0.510 e. The third-order valence-corrected chi connectivity index (χ3v) is 13.2. The fourth-order valence-corrected chi connectivity index (χ4v) is 10.2. The molecule has 0 N–H and O–H groups in total. The second-order valence-corrected chi connectivity index (χ2v) is 17.1. The van der Waals surface area contributed by atoms with Gasteiger partial charge in [0.15, 0.2) is 0 Å². The van der Waals surface area contributed by atoms with E-state index in [0.717, 1.165) is 72.1 Å². The molecule has 1 aliphatic rings. The molecule has 5 nitrogen and oxygen atoms in total. The fourth-order valence-electron chi connectivity index (χ4n) is 10.2. The van der Waals surface area contributed by atoms with Crippen molar-refractivity contribution in [2.45, 2.75) is 0 Å². The molecule has 0 radical (unpaired) electrons. The molecule has 72 heavy (non-hydrogen) atoms. The molecule has 14 rings (SSSR count). The van der Waals surface area contributed by atoms with E-state index >= 15 is 0 Å². The molecule has 0 bridgehead atoms. The quantitative estimate of drug-likeness (QED) is 0.118. The second-order valence-electron chi connectivity index (χ2n) is 17.1. The second kappa shape index (κ2) is 17.8. The molecule has 0 saturated heterocycles. The van der Waals surface area contributed by atoms with E-state index in [9.17, 15) is 0 Å². The molecule has 0 fully saturated rings. The summed E-state index contributed by atoms with van der Waals surface area (Å²) in [4.78, 5) is 5.23. The van der Waals surface area contributed by atoms with Crippen molar-refractivity contribution in [2.75, 3.05) is 0 Å². The third-order valence-electron chi connectivity index (χ3n) is 13.2. The van der Waals surface area contributed by atoms with Crippen molar-refractivity contribution < 1.29 is 44.1 Å². The Hall–Kier alpha value is -8.89. The molecule has 0 saturated carbocycles. The van der Waals surface area contributed by atoms with Gasteiger partial charge in [-0.3, -0.25) is 4.57 Å². The molecule has 6 heteroatoms. The predicted octanol–water partition coefficient (Wildman–Crippen LogP) is 15.9. The van der Waals surface area contributed by atoms with Crippen LogP contribution in [0.25, 0.3) is 117 Å². The molecule has 0 amide bonds. The first kappa shape index (κ1) is 33.6. The van der Waals surface area contributed by atoms with Gasteiger partial charge < -0.3 is 13.9 Å². The zero-order chi connectivity index (χ0) is 55.5. The number of hydrogen-bond donors (Lipinski definition) is 0. The Labute approximate surface area is 445 Å². The van der Waals surface area contributed by atoms with Crippen molar-refractivity contribution >= 4 is 32.8 Å². The number of aromatic nitrogens is 4. The maximum Gasteiger partial charge on any atom is 0.268 e. The van der Waals surface area contributed by atoms with Crippen molar-refractivity contribution in [3.8, 4) is 95.5 Å². The van der Waals surface area contributed by atoms with E-state index in [2.05, 4.69) is 114 Å². The molecular weight excluding hydrogens is 1060 g/mol. The van der Waals surface area contributed by atoms with Gasteiger partial charge in [0.2, 0.25) is 0 Å². The summed E-state index contributed by atoms with van der Waals surface area (Å²) in [5.74, 6) is 1.48. The Kier molecular flexibility index (Phi) is 8.31. The summed E-state index contributed by atoms with van der Waals surface area (Å²) in [6.07, 6.45) is 5.31. The van der Waals surface area contributed by atoms with Gasteiger partial charge in [-0.15, -0.1) is 29.7 Å². The fraction of sp³-hybridized carbons (Fsp3) is 0. The van der Waals surface area contributed by atoms with Gasteiger partial charge >= 0.3 is 0 Å². The SMILES string of the molecule is [2H]c1c([2H])c([2H])c(-c2cccc(-c3c([2H])c([2H])c([2H])c([2H])c3[2H])c2-[n+]2[c-]n(-c3[c-]c(Oc4[c-]c5c(cc4)c4ccccc4n5-c4nccc5c4-c4ccccc4-c4ccccc4-c4ccccc4-5)ccc3)c3ccccc32)c([2H])c1[2H].[Pt]. The van der Waals surface area contributed by atoms with E-state index < -0.39 is 60.4 Å². The van der Waals surface area contributed by atoms with Crippen molar-refractivity contribution in [3.05, 3.63) is 261 Å². The van der Waals surface area contributed by atoms with Gasteiger partial charge in [0.25, 0.3) is 6.33 Å². The average Bonchev–Trinajstić information content (AvgIpc) is 4.20. The summed E-state index contributed by atoms with van der Waals surface area (Å²) in [6, 6.07) is 59.1. The minimum Gasteiger partial charge on any atom is -0.510 e. The van der Waals surface area contributed by atoms with E-state index in [1.54, 1.807) is 33.4 Å². The van der Waals surface area contributed by atoms with E-state index in [0.29, 0.717) is 28.2 Å². The maximum absolute atomic E-state index is 9.08. The number of rotatable bonds is 7.